The van der Waals surface area contributed by atoms with Gasteiger partial charge in [0.1, 0.15) is 11.8 Å². The summed E-state index contributed by atoms with van der Waals surface area (Å²) in [6.07, 6.45) is 0.745. The first kappa shape index (κ1) is 21.5. The summed E-state index contributed by atoms with van der Waals surface area (Å²) in [4.78, 5) is 25.5. The third-order valence-corrected chi connectivity index (χ3v) is 4.76. The number of aryl methyl sites for hydroxylation is 1. The first-order valence-electron chi connectivity index (χ1n) is 9.67. The van der Waals surface area contributed by atoms with Crippen LogP contribution in [0.5, 0.6) is 5.75 Å². The van der Waals surface area contributed by atoms with Gasteiger partial charge in [0, 0.05) is 5.56 Å². The number of ether oxygens (including phenoxy) is 1. The molecule has 0 aliphatic carbocycles. The first-order valence-corrected chi connectivity index (χ1v) is 9.67. The van der Waals surface area contributed by atoms with E-state index in [2.05, 4.69) is 10.6 Å². The monoisotopic (exact) mass is 382 g/mol. The summed E-state index contributed by atoms with van der Waals surface area (Å²) < 4.78 is 5.19. The van der Waals surface area contributed by atoms with Crippen molar-refractivity contribution >= 4 is 11.8 Å². The maximum absolute atomic E-state index is 12.9. The molecule has 0 aromatic heterocycles. The topological polar surface area (TPSA) is 67.4 Å². The van der Waals surface area contributed by atoms with E-state index in [0.717, 1.165) is 23.3 Å². The second kappa shape index (κ2) is 9.93. The SMILES string of the molecule is CCC(NC(=O)C(NC(=O)c1cccc(C)c1)C(C)C)c1ccc(OC)cc1. The fourth-order valence-electron chi connectivity index (χ4n) is 3.06. The molecule has 0 aliphatic rings. The molecule has 2 unspecified atom stereocenters. The quantitative estimate of drug-likeness (QED) is 0.724. The van der Waals surface area contributed by atoms with Crippen molar-refractivity contribution in [3.05, 3.63) is 65.2 Å². The second-order valence-electron chi connectivity index (χ2n) is 7.31. The summed E-state index contributed by atoms with van der Waals surface area (Å²) in [6.45, 7) is 7.80. The van der Waals surface area contributed by atoms with Gasteiger partial charge in [0.05, 0.1) is 13.2 Å². The highest BCUT2D eigenvalue weighted by Crippen LogP contribution is 2.20. The second-order valence-corrected chi connectivity index (χ2v) is 7.31. The molecular formula is C23H30N2O3. The average molecular weight is 383 g/mol. The Morgan fingerprint density at radius 2 is 1.71 bits per heavy atom. The molecule has 0 radical (unpaired) electrons. The molecule has 0 fully saturated rings. The fraction of sp³-hybridized carbons (Fsp3) is 0.391. The zero-order chi connectivity index (χ0) is 20.7. The van der Waals surface area contributed by atoms with Crippen LogP contribution in [0, 0.1) is 12.8 Å². The highest BCUT2D eigenvalue weighted by Gasteiger charge is 2.26. The number of carbonyl (C=O) groups is 2. The van der Waals surface area contributed by atoms with Gasteiger partial charge in [-0.15, -0.1) is 0 Å². The van der Waals surface area contributed by atoms with Gasteiger partial charge in [0.15, 0.2) is 0 Å². The first-order chi connectivity index (χ1) is 13.3. The lowest BCUT2D eigenvalue weighted by atomic mass is 9.99. The minimum Gasteiger partial charge on any atom is -0.497 e. The van der Waals surface area contributed by atoms with E-state index in [0.29, 0.717) is 5.56 Å². The molecule has 0 spiro atoms. The number of rotatable bonds is 8. The Morgan fingerprint density at radius 3 is 2.25 bits per heavy atom. The number of amides is 2. The van der Waals surface area contributed by atoms with Crippen molar-refractivity contribution in [2.24, 2.45) is 5.92 Å². The number of hydrogen-bond acceptors (Lipinski definition) is 3. The molecule has 0 saturated carbocycles. The van der Waals surface area contributed by atoms with E-state index in [1.807, 2.05) is 70.2 Å². The van der Waals surface area contributed by atoms with Crippen LogP contribution in [0.4, 0.5) is 0 Å². The molecule has 28 heavy (non-hydrogen) atoms. The molecule has 2 aromatic carbocycles. The summed E-state index contributed by atoms with van der Waals surface area (Å²) >= 11 is 0. The Bertz CT molecular complexity index is 800. The molecule has 5 heteroatoms. The molecule has 0 bridgehead atoms. The molecular weight excluding hydrogens is 352 g/mol. The van der Waals surface area contributed by atoms with Gasteiger partial charge < -0.3 is 15.4 Å². The summed E-state index contributed by atoms with van der Waals surface area (Å²) in [5.74, 6) is 0.311. The fourth-order valence-corrected chi connectivity index (χ4v) is 3.06. The molecule has 0 heterocycles. The van der Waals surface area contributed by atoms with Gasteiger partial charge in [0.25, 0.3) is 5.91 Å². The average Bonchev–Trinajstić information content (AvgIpc) is 2.69. The Hall–Kier alpha value is -2.82. The number of hydrogen-bond donors (Lipinski definition) is 2. The predicted molar refractivity (Wildman–Crippen MR) is 111 cm³/mol. The number of methoxy groups -OCH3 is 1. The van der Waals surface area contributed by atoms with Crippen LogP contribution in [0.2, 0.25) is 0 Å². The third kappa shape index (κ3) is 5.59. The van der Waals surface area contributed by atoms with Crippen LogP contribution >= 0.6 is 0 Å². The van der Waals surface area contributed by atoms with Crippen molar-refractivity contribution in [1.82, 2.24) is 10.6 Å². The smallest absolute Gasteiger partial charge is 0.251 e. The largest absolute Gasteiger partial charge is 0.497 e. The predicted octanol–water partition coefficient (Wildman–Crippen LogP) is 4.03. The molecule has 2 N–H and O–H groups in total. The lowest BCUT2D eigenvalue weighted by molar-refractivity contribution is -0.124. The van der Waals surface area contributed by atoms with Crippen molar-refractivity contribution in [1.29, 1.82) is 0 Å². The lowest BCUT2D eigenvalue weighted by Gasteiger charge is -2.25. The van der Waals surface area contributed by atoms with Gasteiger partial charge in [0.2, 0.25) is 5.91 Å². The molecule has 150 valence electrons. The Kier molecular flexibility index (Phi) is 7.61. The Labute approximate surface area is 167 Å². The van der Waals surface area contributed by atoms with Gasteiger partial charge in [-0.05, 0) is 49.1 Å². The number of nitrogens with one attached hydrogen (secondary N) is 2. The van der Waals surface area contributed by atoms with Crippen molar-refractivity contribution < 1.29 is 14.3 Å². The van der Waals surface area contributed by atoms with Crippen molar-refractivity contribution in [3.63, 3.8) is 0 Å². The van der Waals surface area contributed by atoms with E-state index in [9.17, 15) is 9.59 Å². The van der Waals surface area contributed by atoms with Gasteiger partial charge in [-0.1, -0.05) is 50.6 Å². The maximum atomic E-state index is 12.9. The molecule has 0 aliphatic heterocycles. The highest BCUT2D eigenvalue weighted by molar-refractivity contribution is 5.97. The molecule has 2 amide bonds. The van der Waals surface area contributed by atoms with Crippen molar-refractivity contribution in [2.45, 2.75) is 46.2 Å². The molecule has 5 nitrogen and oxygen atoms in total. The normalized spacial score (nSPS) is 12.9. The standard InChI is InChI=1S/C23H30N2O3/c1-6-20(17-10-12-19(28-5)13-11-17)24-23(27)21(15(2)3)25-22(26)18-9-7-8-16(4)14-18/h7-15,20-21H,6H2,1-5H3,(H,24,27)(H,25,26). The van der Waals surface area contributed by atoms with E-state index in [-0.39, 0.29) is 23.8 Å². The van der Waals surface area contributed by atoms with Crippen LogP contribution in [-0.4, -0.2) is 25.0 Å². The minimum atomic E-state index is -0.611. The van der Waals surface area contributed by atoms with Gasteiger partial charge in [-0.3, -0.25) is 9.59 Å². The van der Waals surface area contributed by atoms with Crippen LogP contribution in [0.1, 0.15) is 54.7 Å². The van der Waals surface area contributed by atoms with E-state index in [4.69, 9.17) is 4.74 Å². The summed E-state index contributed by atoms with van der Waals surface area (Å²) in [6, 6.07) is 14.3. The molecule has 2 atom stereocenters. The minimum absolute atomic E-state index is 0.0397. The van der Waals surface area contributed by atoms with E-state index < -0.39 is 6.04 Å². The lowest BCUT2D eigenvalue weighted by Crippen LogP contribution is -2.50. The van der Waals surface area contributed by atoms with E-state index >= 15 is 0 Å². The third-order valence-electron chi connectivity index (χ3n) is 4.76. The zero-order valence-corrected chi connectivity index (χ0v) is 17.3. The number of carbonyl (C=O) groups excluding carboxylic acids is 2. The summed E-state index contributed by atoms with van der Waals surface area (Å²) in [7, 11) is 1.62. The van der Waals surface area contributed by atoms with Crippen LogP contribution in [0.15, 0.2) is 48.5 Å². The van der Waals surface area contributed by atoms with E-state index in [1.165, 1.54) is 0 Å². The Morgan fingerprint density at radius 1 is 1.04 bits per heavy atom. The van der Waals surface area contributed by atoms with Crippen molar-refractivity contribution in [3.8, 4) is 5.75 Å². The van der Waals surface area contributed by atoms with E-state index in [1.54, 1.807) is 13.2 Å². The van der Waals surface area contributed by atoms with Gasteiger partial charge in [-0.25, -0.2) is 0 Å². The zero-order valence-electron chi connectivity index (χ0n) is 17.3. The molecule has 2 rings (SSSR count). The van der Waals surface area contributed by atoms with Crippen LogP contribution in [-0.2, 0) is 4.79 Å². The summed E-state index contributed by atoms with van der Waals surface area (Å²) in [5.41, 5.74) is 2.56. The highest BCUT2D eigenvalue weighted by atomic mass is 16.5. The van der Waals surface area contributed by atoms with Gasteiger partial charge >= 0.3 is 0 Å². The van der Waals surface area contributed by atoms with Crippen molar-refractivity contribution in [2.75, 3.05) is 7.11 Å². The summed E-state index contributed by atoms with van der Waals surface area (Å²) in [5, 5.41) is 5.96. The number of benzene rings is 2. The van der Waals surface area contributed by atoms with Gasteiger partial charge in [-0.2, -0.15) is 0 Å². The van der Waals surface area contributed by atoms with Crippen LogP contribution < -0.4 is 15.4 Å². The Balaban J connectivity index is 2.11. The van der Waals surface area contributed by atoms with Crippen LogP contribution in [0.3, 0.4) is 0 Å². The maximum Gasteiger partial charge on any atom is 0.251 e. The van der Waals surface area contributed by atoms with Crippen LogP contribution in [0.25, 0.3) is 0 Å². The molecule has 2 aromatic rings. The molecule has 0 saturated heterocycles.